The first kappa shape index (κ1) is 16.7. The summed E-state index contributed by atoms with van der Waals surface area (Å²) in [5.41, 5.74) is 2.40. The molecule has 1 atom stereocenters. The van der Waals surface area contributed by atoms with E-state index in [1.807, 2.05) is 17.5 Å². The Morgan fingerprint density at radius 1 is 1.25 bits per heavy atom. The van der Waals surface area contributed by atoms with Crippen LogP contribution in [0.1, 0.15) is 18.1 Å². The molecule has 3 rings (SSSR count). The average Bonchev–Trinajstić information content (AvgIpc) is 3.25. The van der Waals surface area contributed by atoms with Crippen molar-refractivity contribution in [2.45, 2.75) is 37.2 Å². The minimum absolute atomic E-state index is 0.182. The number of nitrogens with zero attached hydrogens (tertiary/aromatic N) is 4. The average molecular weight is 355 g/mol. The van der Waals surface area contributed by atoms with Crippen LogP contribution >= 0.6 is 23.1 Å². The number of benzene rings is 1. The van der Waals surface area contributed by atoms with E-state index in [0.29, 0.717) is 6.42 Å². The van der Waals surface area contributed by atoms with Gasteiger partial charge in [-0.1, -0.05) is 47.7 Å². The number of thioether (sulfide) groups is 1. The van der Waals surface area contributed by atoms with Crippen LogP contribution in [-0.4, -0.2) is 20.0 Å². The molecule has 0 aliphatic rings. The molecule has 2 aromatic heterocycles. The third kappa shape index (κ3) is 3.69. The first-order chi connectivity index (χ1) is 11.7. The molecule has 24 heavy (non-hydrogen) atoms. The smallest absolute Gasteiger partial charge is 0.192 e. The molecule has 0 spiro atoms. The molecule has 0 amide bonds. The van der Waals surface area contributed by atoms with Crippen molar-refractivity contribution in [1.29, 1.82) is 5.26 Å². The second-order valence-electron chi connectivity index (χ2n) is 5.45. The number of hydrogen-bond donors (Lipinski definition) is 0. The Kier molecular flexibility index (Phi) is 5.34. The van der Waals surface area contributed by atoms with E-state index in [1.165, 1.54) is 22.9 Å². The lowest BCUT2D eigenvalue weighted by molar-refractivity contribution is 0.687. The number of rotatable bonds is 6. The van der Waals surface area contributed by atoms with Crippen molar-refractivity contribution in [3.63, 3.8) is 0 Å². The van der Waals surface area contributed by atoms with E-state index in [9.17, 15) is 5.26 Å². The number of hydrogen-bond acceptors (Lipinski definition) is 5. The van der Waals surface area contributed by atoms with Gasteiger partial charge in [-0.15, -0.1) is 21.5 Å². The lowest BCUT2D eigenvalue weighted by Crippen LogP contribution is -2.07. The summed E-state index contributed by atoms with van der Waals surface area (Å²) in [6, 6.07) is 14.8. The number of nitriles is 1. The lowest BCUT2D eigenvalue weighted by atomic mass is 10.1. The van der Waals surface area contributed by atoms with Gasteiger partial charge in [-0.05, 0) is 37.3 Å². The quantitative estimate of drug-likeness (QED) is 0.609. The summed E-state index contributed by atoms with van der Waals surface area (Å²) in [5.74, 6) is 0.877. The fourth-order valence-electron chi connectivity index (χ4n) is 2.43. The van der Waals surface area contributed by atoms with Crippen LogP contribution in [0.25, 0.3) is 10.7 Å². The van der Waals surface area contributed by atoms with Gasteiger partial charge in [0.15, 0.2) is 11.0 Å². The van der Waals surface area contributed by atoms with Gasteiger partial charge >= 0.3 is 0 Å². The molecule has 0 radical (unpaired) electrons. The van der Waals surface area contributed by atoms with Crippen molar-refractivity contribution in [3.05, 3.63) is 52.9 Å². The van der Waals surface area contributed by atoms with E-state index in [0.717, 1.165) is 22.4 Å². The Morgan fingerprint density at radius 2 is 2.04 bits per heavy atom. The molecule has 0 N–H and O–H groups in total. The molecule has 6 heteroatoms. The molecule has 1 unspecified atom stereocenters. The largest absolute Gasteiger partial charge is 0.302 e. The van der Waals surface area contributed by atoms with E-state index in [2.05, 4.69) is 58.9 Å². The minimum atomic E-state index is -0.182. The Morgan fingerprint density at radius 3 is 2.67 bits per heavy atom. The van der Waals surface area contributed by atoms with Crippen molar-refractivity contribution in [3.8, 4) is 16.8 Å². The summed E-state index contributed by atoms with van der Waals surface area (Å²) in [6.45, 7) is 4.92. The molecule has 0 aliphatic heterocycles. The summed E-state index contributed by atoms with van der Waals surface area (Å²) in [5, 5.41) is 20.8. The second kappa shape index (κ2) is 7.65. The van der Waals surface area contributed by atoms with Crippen LogP contribution in [0.3, 0.4) is 0 Å². The van der Waals surface area contributed by atoms with Crippen LogP contribution < -0.4 is 0 Å². The summed E-state index contributed by atoms with van der Waals surface area (Å²) in [6.07, 6.45) is 0.701. The Bertz CT molecular complexity index is 829. The van der Waals surface area contributed by atoms with Crippen molar-refractivity contribution >= 4 is 23.1 Å². The van der Waals surface area contributed by atoms with Gasteiger partial charge in [0.1, 0.15) is 5.25 Å². The minimum Gasteiger partial charge on any atom is -0.302 e. The second-order valence-corrected chi connectivity index (χ2v) is 7.57. The summed E-state index contributed by atoms with van der Waals surface area (Å²) >= 11 is 3.14. The molecule has 0 saturated heterocycles. The first-order valence-corrected chi connectivity index (χ1v) is 9.56. The maximum Gasteiger partial charge on any atom is 0.192 e. The van der Waals surface area contributed by atoms with E-state index < -0.39 is 0 Å². The van der Waals surface area contributed by atoms with Gasteiger partial charge in [0.05, 0.1) is 10.9 Å². The molecule has 122 valence electrons. The van der Waals surface area contributed by atoms with Crippen LogP contribution in [0.4, 0.5) is 0 Å². The monoisotopic (exact) mass is 354 g/mol. The fraction of sp³-hybridized carbons (Fsp3) is 0.278. The van der Waals surface area contributed by atoms with E-state index in [4.69, 9.17) is 0 Å². The Labute approximate surface area is 150 Å². The van der Waals surface area contributed by atoms with Crippen molar-refractivity contribution < 1.29 is 0 Å². The van der Waals surface area contributed by atoms with Crippen molar-refractivity contribution in [2.24, 2.45) is 0 Å². The third-order valence-corrected chi connectivity index (χ3v) is 5.64. The third-order valence-electron chi connectivity index (χ3n) is 3.71. The molecule has 0 bridgehead atoms. The van der Waals surface area contributed by atoms with Crippen LogP contribution in [0, 0.1) is 18.3 Å². The number of thiophene rings is 1. The van der Waals surface area contributed by atoms with Crippen LogP contribution in [-0.2, 0) is 13.0 Å². The SMILES string of the molecule is CCn1c(SC(C#N)Cc2ccc(C)cc2)nnc1-c1cccs1. The Balaban J connectivity index is 1.79. The maximum atomic E-state index is 9.53. The van der Waals surface area contributed by atoms with Gasteiger partial charge in [0, 0.05) is 6.54 Å². The van der Waals surface area contributed by atoms with Gasteiger partial charge in [-0.2, -0.15) is 5.26 Å². The van der Waals surface area contributed by atoms with E-state index in [1.54, 1.807) is 11.3 Å². The highest BCUT2D eigenvalue weighted by molar-refractivity contribution is 8.00. The zero-order valence-electron chi connectivity index (χ0n) is 13.6. The molecule has 3 aromatic rings. The number of aryl methyl sites for hydroxylation is 1. The zero-order chi connectivity index (χ0) is 16.9. The predicted molar refractivity (Wildman–Crippen MR) is 99.2 cm³/mol. The van der Waals surface area contributed by atoms with E-state index >= 15 is 0 Å². The van der Waals surface area contributed by atoms with Crippen LogP contribution in [0.15, 0.2) is 46.9 Å². The standard InChI is InChI=1S/C18H18N4S2/c1-3-22-17(16-5-4-10-23-16)20-21-18(22)24-15(12-19)11-14-8-6-13(2)7-9-14/h4-10,15H,3,11H2,1-2H3. The maximum absolute atomic E-state index is 9.53. The van der Waals surface area contributed by atoms with Crippen LogP contribution in [0.5, 0.6) is 0 Å². The summed E-state index contributed by atoms with van der Waals surface area (Å²) in [4.78, 5) is 1.10. The van der Waals surface area contributed by atoms with Gasteiger partial charge in [0.25, 0.3) is 0 Å². The van der Waals surface area contributed by atoms with E-state index in [-0.39, 0.29) is 5.25 Å². The molecule has 0 aliphatic carbocycles. The predicted octanol–water partition coefficient (Wildman–Crippen LogP) is 4.56. The first-order valence-electron chi connectivity index (χ1n) is 7.80. The van der Waals surface area contributed by atoms with Crippen molar-refractivity contribution in [2.75, 3.05) is 0 Å². The molecule has 0 fully saturated rings. The Hall–Kier alpha value is -2.10. The highest BCUT2D eigenvalue weighted by atomic mass is 32.2. The van der Waals surface area contributed by atoms with Crippen molar-refractivity contribution in [1.82, 2.24) is 14.8 Å². The molecular weight excluding hydrogens is 336 g/mol. The highest BCUT2D eigenvalue weighted by Gasteiger charge is 2.18. The highest BCUT2D eigenvalue weighted by Crippen LogP contribution is 2.30. The summed E-state index contributed by atoms with van der Waals surface area (Å²) in [7, 11) is 0. The number of aromatic nitrogens is 3. The fourth-order valence-corrected chi connectivity index (χ4v) is 4.16. The topological polar surface area (TPSA) is 54.5 Å². The zero-order valence-corrected chi connectivity index (χ0v) is 15.3. The molecular formula is C18H18N4S2. The summed E-state index contributed by atoms with van der Waals surface area (Å²) < 4.78 is 2.08. The molecule has 4 nitrogen and oxygen atoms in total. The van der Waals surface area contributed by atoms with Gasteiger partial charge in [-0.25, -0.2) is 0 Å². The normalized spacial score (nSPS) is 12.0. The van der Waals surface area contributed by atoms with Crippen LogP contribution in [0.2, 0.25) is 0 Å². The molecule has 2 heterocycles. The van der Waals surface area contributed by atoms with Gasteiger partial charge in [-0.3, -0.25) is 0 Å². The lowest BCUT2D eigenvalue weighted by Gasteiger charge is -2.10. The van der Waals surface area contributed by atoms with Gasteiger partial charge < -0.3 is 4.57 Å². The molecule has 0 saturated carbocycles. The molecule has 1 aromatic carbocycles. The van der Waals surface area contributed by atoms with Gasteiger partial charge in [0.2, 0.25) is 0 Å².